The monoisotopic (exact) mass is 265 g/mol. The highest BCUT2D eigenvalue weighted by atomic mass is 35.5. The Bertz CT molecular complexity index is 562. The number of amides is 1. The molecular weight excluding hydrogens is 250 g/mol. The summed E-state index contributed by atoms with van der Waals surface area (Å²) in [7, 11) is 0. The van der Waals surface area contributed by atoms with Gasteiger partial charge in [-0.15, -0.1) is 11.6 Å². The number of nitrogens with two attached hydrogens (primary N) is 1. The molecule has 1 aromatic carbocycles. The smallest absolute Gasteiger partial charge is 0.217 e. The Morgan fingerprint density at radius 1 is 1.50 bits per heavy atom. The lowest BCUT2D eigenvalue weighted by molar-refractivity contribution is -0.118. The van der Waals surface area contributed by atoms with E-state index in [0.29, 0.717) is 19.4 Å². The van der Waals surface area contributed by atoms with E-state index >= 15 is 0 Å². The quantitative estimate of drug-likeness (QED) is 0.845. The van der Waals surface area contributed by atoms with Gasteiger partial charge in [0.15, 0.2) is 0 Å². The Morgan fingerprint density at radius 3 is 2.89 bits per heavy atom. The molecule has 18 heavy (non-hydrogen) atoms. The summed E-state index contributed by atoms with van der Waals surface area (Å²) in [5.74, 6) is 0.558. The third-order valence-corrected chi connectivity index (χ3v) is 3.04. The molecule has 4 nitrogen and oxygen atoms in total. The van der Waals surface area contributed by atoms with E-state index in [1.165, 1.54) is 0 Å². The van der Waals surface area contributed by atoms with Crippen molar-refractivity contribution in [3.8, 4) is 0 Å². The molecule has 0 fully saturated rings. The standard InChI is InChI=1S/C13H16ClN3O/c1-9(14)13-16-10-5-2-3-6-11(10)17(13)8-4-7-12(15)18/h2-3,5-6,9H,4,7-8H2,1H3,(H2,15,18). The molecule has 1 aromatic heterocycles. The number of rotatable bonds is 5. The third kappa shape index (κ3) is 2.64. The number of aryl methyl sites for hydroxylation is 1. The number of carbonyl (C=O) groups is 1. The molecule has 0 spiro atoms. The number of imidazole rings is 1. The number of alkyl halides is 1. The second-order valence-corrected chi connectivity index (χ2v) is 4.95. The Labute approximate surface area is 111 Å². The predicted molar refractivity (Wildman–Crippen MR) is 72.4 cm³/mol. The van der Waals surface area contributed by atoms with Crippen LogP contribution in [0.3, 0.4) is 0 Å². The van der Waals surface area contributed by atoms with E-state index in [0.717, 1.165) is 16.9 Å². The van der Waals surface area contributed by atoms with Crippen LogP contribution >= 0.6 is 11.6 Å². The Kier molecular flexibility index (Phi) is 3.87. The molecule has 0 bridgehead atoms. The van der Waals surface area contributed by atoms with Crippen molar-refractivity contribution in [2.24, 2.45) is 5.73 Å². The van der Waals surface area contributed by atoms with Crippen LogP contribution in [0.1, 0.15) is 31.0 Å². The first-order chi connectivity index (χ1) is 8.59. The highest BCUT2D eigenvalue weighted by Crippen LogP contribution is 2.24. The average Bonchev–Trinajstić information content (AvgIpc) is 2.68. The number of aromatic nitrogens is 2. The third-order valence-electron chi connectivity index (χ3n) is 2.84. The van der Waals surface area contributed by atoms with Gasteiger partial charge in [0.25, 0.3) is 0 Å². The minimum atomic E-state index is -0.278. The second-order valence-electron chi connectivity index (χ2n) is 4.30. The van der Waals surface area contributed by atoms with Crippen LogP contribution < -0.4 is 5.73 Å². The number of nitrogens with zero attached hydrogens (tertiary/aromatic N) is 2. The van der Waals surface area contributed by atoms with Crippen LogP contribution in [-0.2, 0) is 11.3 Å². The number of para-hydroxylation sites is 2. The van der Waals surface area contributed by atoms with E-state index in [2.05, 4.69) is 9.55 Å². The van der Waals surface area contributed by atoms with E-state index in [1.807, 2.05) is 31.2 Å². The van der Waals surface area contributed by atoms with Crippen molar-refractivity contribution < 1.29 is 4.79 Å². The maximum Gasteiger partial charge on any atom is 0.217 e. The van der Waals surface area contributed by atoms with Crippen molar-refractivity contribution in [1.29, 1.82) is 0 Å². The SMILES string of the molecule is CC(Cl)c1nc2ccccc2n1CCCC(N)=O. The van der Waals surface area contributed by atoms with Crippen LogP contribution in [0.2, 0.25) is 0 Å². The average molecular weight is 266 g/mol. The topological polar surface area (TPSA) is 60.9 Å². The second kappa shape index (κ2) is 5.40. The van der Waals surface area contributed by atoms with Crippen LogP contribution in [0.4, 0.5) is 0 Å². The molecule has 0 aliphatic heterocycles. The van der Waals surface area contributed by atoms with Crippen LogP contribution in [-0.4, -0.2) is 15.5 Å². The highest BCUT2D eigenvalue weighted by molar-refractivity contribution is 6.20. The summed E-state index contributed by atoms with van der Waals surface area (Å²) in [6.07, 6.45) is 1.08. The molecule has 96 valence electrons. The Balaban J connectivity index is 2.33. The number of hydrogen-bond donors (Lipinski definition) is 1. The van der Waals surface area contributed by atoms with Gasteiger partial charge in [0, 0.05) is 13.0 Å². The molecule has 2 rings (SSSR count). The number of fused-ring (bicyclic) bond motifs is 1. The molecule has 0 radical (unpaired) electrons. The van der Waals surface area contributed by atoms with E-state index in [9.17, 15) is 4.79 Å². The summed E-state index contributed by atoms with van der Waals surface area (Å²) in [6, 6.07) is 7.89. The van der Waals surface area contributed by atoms with Crippen LogP contribution in [0, 0.1) is 0 Å². The molecular formula is C13H16ClN3O. The van der Waals surface area contributed by atoms with Crippen molar-refractivity contribution in [3.05, 3.63) is 30.1 Å². The summed E-state index contributed by atoms with van der Waals surface area (Å²) in [5.41, 5.74) is 7.13. The molecule has 0 saturated heterocycles. The maximum atomic E-state index is 10.8. The number of carbonyl (C=O) groups excluding carboxylic acids is 1. The fourth-order valence-corrected chi connectivity index (χ4v) is 2.21. The first kappa shape index (κ1) is 12.9. The van der Waals surface area contributed by atoms with E-state index < -0.39 is 0 Å². The fraction of sp³-hybridized carbons (Fsp3) is 0.385. The minimum absolute atomic E-state index is 0.161. The van der Waals surface area contributed by atoms with Gasteiger partial charge >= 0.3 is 0 Å². The van der Waals surface area contributed by atoms with Crippen molar-refractivity contribution in [3.63, 3.8) is 0 Å². The van der Waals surface area contributed by atoms with Gasteiger partial charge in [-0.3, -0.25) is 4.79 Å². The lowest BCUT2D eigenvalue weighted by atomic mass is 10.2. The molecule has 1 heterocycles. The zero-order valence-electron chi connectivity index (χ0n) is 10.3. The van der Waals surface area contributed by atoms with Crippen molar-refractivity contribution in [2.75, 3.05) is 0 Å². The van der Waals surface area contributed by atoms with Crippen molar-refractivity contribution in [1.82, 2.24) is 9.55 Å². The van der Waals surface area contributed by atoms with Gasteiger partial charge in [0.05, 0.1) is 16.4 Å². The number of primary amides is 1. The summed E-state index contributed by atoms with van der Waals surface area (Å²) < 4.78 is 2.07. The Morgan fingerprint density at radius 2 is 2.22 bits per heavy atom. The number of hydrogen-bond acceptors (Lipinski definition) is 2. The zero-order valence-corrected chi connectivity index (χ0v) is 11.0. The van der Waals surface area contributed by atoms with Gasteiger partial charge < -0.3 is 10.3 Å². The highest BCUT2D eigenvalue weighted by Gasteiger charge is 2.14. The molecule has 0 aliphatic carbocycles. The van der Waals surface area contributed by atoms with E-state index in [1.54, 1.807) is 0 Å². The van der Waals surface area contributed by atoms with Gasteiger partial charge in [0.1, 0.15) is 5.82 Å². The predicted octanol–water partition coefficient (Wildman–Crippen LogP) is 2.60. The summed E-state index contributed by atoms with van der Waals surface area (Å²) in [4.78, 5) is 15.3. The summed E-state index contributed by atoms with van der Waals surface area (Å²) in [5, 5.41) is -0.161. The lowest BCUT2D eigenvalue weighted by Gasteiger charge is -2.09. The van der Waals surface area contributed by atoms with Crippen LogP contribution in [0.5, 0.6) is 0 Å². The molecule has 0 aliphatic rings. The molecule has 5 heteroatoms. The molecule has 1 unspecified atom stereocenters. The minimum Gasteiger partial charge on any atom is -0.370 e. The van der Waals surface area contributed by atoms with Crippen molar-refractivity contribution in [2.45, 2.75) is 31.7 Å². The van der Waals surface area contributed by atoms with Gasteiger partial charge in [-0.2, -0.15) is 0 Å². The van der Waals surface area contributed by atoms with Crippen molar-refractivity contribution >= 4 is 28.5 Å². The largest absolute Gasteiger partial charge is 0.370 e. The van der Waals surface area contributed by atoms with Gasteiger partial charge in [-0.25, -0.2) is 4.98 Å². The normalized spacial score (nSPS) is 12.8. The molecule has 1 amide bonds. The van der Waals surface area contributed by atoms with Crippen LogP contribution in [0.25, 0.3) is 11.0 Å². The van der Waals surface area contributed by atoms with Gasteiger partial charge in [-0.1, -0.05) is 12.1 Å². The van der Waals surface area contributed by atoms with Crippen LogP contribution in [0.15, 0.2) is 24.3 Å². The lowest BCUT2D eigenvalue weighted by Crippen LogP contribution is -2.12. The number of benzene rings is 1. The first-order valence-corrected chi connectivity index (χ1v) is 6.41. The Hall–Kier alpha value is -1.55. The summed E-state index contributed by atoms with van der Waals surface area (Å²) >= 11 is 6.15. The molecule has 0 saturated carbocycles. The van der Waals surface area contributed by atoms with Gasteiger partial charge in [0.2, 0.25) is 5.91 Å². The molecule has 2 aromatic rings. The summed E-state index contributed by atoms with van der Waals surface area (Å²) in [6.45, 7) is 2.60. The van der Waals surface area contributed by atoms with Gasteiger partial charge in [-0.05, 0) is 25.5 Å². The molecule has 2 N–H and O–H groups in total. The van der Waals surface area contributed by atoms with E-state index in [4.69, 9.17) is 17.3 Å². The molecule has 1 atom stereocenters. The number of halogens is 1. The van der Waals surface area contributed by atoms with E-state index in [-0.39, 0.29) is 11.3 Å². The maximum absolute atomic E-state index is 10.8. The zero-order chi connectivity index (χ0) is 13.1. The first-order valence-electron chi connectivity index (χ1n) is 5.97. The fourth-order valence-electron chi connectivity index (χ4n) is 2.04.